The number of Topliss-reactive ketones (excluding diaryl/α,β-unsaturated/α-hetero) is 1. The number of ether oxygens (including phenoxy) is 1. The zero-order valence-electron chi connectivity index (χ0n) is 17.8. The van der Waals surface area contributed by atoms with E-state index in [0.29, 0.717) is 28.5 Å². The molecule has 2 heterocycles. The number of benzene rings is 2. The van der Waals surface area contributed by atoms with E-state index < -0.39 is 17.7 Å². The van der Waals surface area contributed by atoms with Crippen molar-refractivity contribution in [1.29, 1.82) is 0 Å². The van der Waals surface area contributed by atoms with Crippen molar-refractivity contribution >= 4 is 23.1 Å². The molecule has 6 heteroatoms. The number of aliphatic hydroxyl groups is 1. The first kappa shape index (κ1) is 20.5. The Kier molecular flexibility index (Phi) is 5.15. The molecule has 1 unspecified atom stereocenters. The van der Waals surface area contributed by atoms with Crippen molar-refractivity contribution in [2.75, 3.05) is 12.0 Å². The van der Waals surface area contributed by atoms with Crippen LogP contribution in [0.4, 0.5) is 5.69 Å². The molecular formula is C25H23NO5. The number of carbonyl (C=O) groups excluding carboxylic acids is 2. The third-order valence-electron chi connectivity index (χ3n) is 5.67. The van der Waals surface area contributed by atoms with Crippen molar-refractivity contribution in [3.63, 3.8) is 0 Å². The summed E-state index contributed by atoms with van der Waals surface area (Å²) in [6.07, 6.45) is 0. The molecule has 1 aliphatic rings. The van der Waals surface area contributed by atoms with Crippen LogP contribution in [0.5, 0.6) is 5.75 Å². The number of methoxy groups -OCH3 is 1. The second-order valence-electron chi connectivity index (χ2n) is 7.54. The van der Waals surface area contributed by atoms with Crippen LogP contribution in [0.1, 0.15) is 34.3 Å². The molecule has 31 heavy (non-hydrogen) atoms. The molecule has 1 N–H and O–H groups in total. The van der Waals surface area contributed by atoms with Crippen LogP contribution in [0, 0.1) is 20.8 Å². The Bertz CT molecular complexity index is 1220. The van der Waals surface area contributed by atoms with Gasteiger partial charge in [0.1, 0.15) is 29.1 Å². The minimum atomic E-state index is -0.904. The maximum absolute atomic E-state index is 13.2. The maximum Gasteiger partial charge on any atom is 0.300 e. The number of para-hydroxylation sites is 1. The lowest BCUT2D eigenvalue weighted by molar-refractivity contribution is -0.132. The molecule has 4 rings (SSSR count). The Morgan fingerprint density at radius 2 is 1.74 bits per heavy atom. The fourth-order valence-corrected chi connectivity index (χ4v) is 3.93. The summed E-state index contributed by atoms with van der Waals surface area (Å²) in [5.74, 6) is -0.365. The number of amides is 1. The van der Waals surface area contributed by atoms with Crippen LogP contribution in [-0.2, 0) is 9.59 Å². The molecule has 1 saturated heterocycles. The fourth-order valence-electron chi connectivity index (χ4n) is 3.93. The minimum absolute atomic E-state index is 0.0373. The summed E-state index contributed by atoms with van der Waals surface area (Å²) in [5.41, 5.74) is 2.75. The first-order valence-corrected chi connectivity index (χ1v) is 9.92. The molecule has 3 aromatic rings. The third-order valence-corrected chi connectivity index (χ3v) is 5.67. The van der Waals surface area contributed by atoms with E-state index in [2.05, 4.69) is 0 Å². The zero-order valence-corrected chi connectivity index (χ0v) is 17.8. The number of anilines is 1. The van der Waals surface area contributed by atoms with E-state index in [1.165, 1.54) is 12.0 Å². The molecule has 2 aromatic carbocycles. The molecule has 1 amide bonds. The number of ketones is 1. The molecule has 0 aliphatic carbocycles. The Balaban J connectivity index is 2.00. The first-order chi connectivity index (χ1) is 14.8. The van der Waals surface area contributed by atoms with E-state index >= 15 is 0 Å². The van der Waals surface area contributed by atoms with Gasteiger partial charge in [-0.15, -0.1) is 0 Å². The molecule has 158 valence electrons. The number of rotatable bonds is 4. The average molecular weight is 417 g/mol. The lowest BCUT2D eigenvalue weighted by atomic mass is 9.98. The van der Waals surface area contributed by atoms with E-state index in [0.717, 1.165) is 11.1 Å². The topological polar surface area (TPSA) is 80.0 Å². The van der Waals surface area contributed by atoms with Gasteiger partial charge in [-0.05, 0) is 62.2 Å². The number of furan rings is 1. The summed E-state index contributed by atoms with van der Waals surface area (Å²) in [7, 11) is 1.48. The second kappa shape index (κ2) is 7.80. The highest BCUT2D eigenvalue weighted by molar-refractivity contribution is 6.51. The highest BCUT2D eigenvalue weighted by Gasteiger charge is 2.49. The van der Waals surface area contributed by atoms with E-state index in [1.54, 1.807) is 49.4 Å². The number of carbonyl (C=O) groups is 2. The summed E-state index contributed by atoms with van der Waals surface area (Å²) < 4.78 is 11.2. The normalized spacial score (nSPS) is 17.9. The number of nitrogens with zero attached hydrogens (tertiary/aromatic N) is 1. The van der Waals surface area contributed by atoms with Crippen molar-refractivity contribution in [3.8, 4) is 5.75 Å². The molecule has 0 radical (unpaired) electrons. The zero-order chi connectivity index (χ0) is 22.3. The molecule has 0 bridgehead atoms. The van der Waals surface area contributed by atoms with Gasteiger partial charge in [0.25, 0.3) is 11.7 Å². The standard InChI is InChI=1S/C25H23NO5/c1-14-8-7-10-18(16(14)3)26-22(20-13-12-15(2)31-20)21(24(28)25(26)29)23(27)17-9-5-6-11-19(17)30-4/h5-13,22,27H,1-4H3/b23-21-. The number of hydrogen-bond acceptors (Lipinski definition) is 5. The second-order valence-corrected chi connectivity index (χ2v) is 7.54. The van der Waals surface area contributed by atoms with E-state index in [4.69, 9.17) is 9.15 Å². The van der Waals surface area contributed by atoms with Gasteiger partial charge in [0.05, 0.1) is 18.2 Å². The summed E-state index contributed by atoms with van der Waals surface area (Å²) in [6, 6.07) is 15.0. The van der Waals surface area contributed by atoms with Gasteiger partial charge < -0.3 is 14.3 Å². The predicted octanol–water partition coefficient (Wildman–Crippen LogP) is 4.84. The largest absolute Gasteiger partial charge is 0.507 e. The monoisotopic (exact) mass is 417 g/mol. The summed E-state index contributed by atoms with van der Waals surface area (Å²) in [6.45, 7) is 5.62. The van der Waals surface area contributed by atoms with Crippen LogP contribution in [-0.4, -0.2) is 23.9 Å². The van der Waals surface area contributed by atoms with Crippen molar-refractivity contribution in [1.82, 2.24) is 0 Å². The van der Waals surface area contributed by atoms with Gasteiger partial charge in [-0.2, -0.15) is 0 Å². The molecule has 1 aliphatic heterocycles. The molecule has 0 saturated carbocycles. The lowest BCUT2D eigenvalue weighted by Gasteiger charge is -2.25. The minimum Gasteiger partial charge on any atom is -0.507 e. The van der Waals surface area contributed by atoms with Crippen LogP contribution in [0.25, 0.3) is 5.76 Å². The highest BCUT2D eigenvalue weighted by atomic mass is 16.5. The molecule has 1 aromatic heterocycles. The quantitative estimate of drug-likeness (QED) is 0.373. The summed E-state index contributed by atoms with van der Waals surface area (Å²) in [4.78, 5) is 27.8. The molecular weight excluding hydrogens is 394 g/mol. The predicted molar refractivity (Wildman–Crippen MR) is 117 cm³/mol. The Hall–Kier alpha value is -3.80. The summed E-state index contributed by atoms with van der Waals surface area (Å²) in [5, 5.41) is 11.2. The van der Waals surface area contributed by atoms with Gasteiger partial charge in [-0.3, -0.25) is 14.5 Å². The van der Waals surface area contributed by atoms with Crippen molar-refractivity contribution in [2.45, 2.75) is 26.8 Å². The van der Waals surface area contributed by atoms with Gasteiger partial charge in [0.15, 0.2) is 0 Å². The van der Waals surface area contributed by atoms with Crippen LogP contribution in [0.3, 0.4) is 0 Å². The molecule has 1 atom stereocenters. The van der Waals surface area contributed by atoms with Crippen LogP contribution in [0.2, 0.25) is 0 Å². The Labute approximate surface area is 180 Å². The van der Waals surface area contributed by atoms with Crippen LogP contribution < -0.4 is 9.64 Å². The molecule has 0 spiro atoms. The van der Waals surface area contributed by atoms with Crippen molar-refractivity contribution in [3.05, 3.63) is 88.4 Å². The third kappa shape index (κ3) is 3.30. The van der Waals surface area contributed by atoms with Crippen LogP contribution in [0.15, 0.2) is 64.6 Å². The molecule has 6 nitrogen and oxygen atoms in total. The summed E-state index contributed by atoms with van der Waals surface area (Å²) >= 11 is 0. The van der Waals surface area contributed by atoms with E-state index in [1.807, 2.05) is 26.0 Å². The fraction of sp³-hybridized carbons (Fsp3) is 0.200. The Morgan fingerprint density at radius 1 is 1.00 bits per heavy atom. The van der Waals surface area contributed by atoms with Gasteiger partial charge in [0, 0.05) is 5.69 Å². The number of hydrogen-bond donors (Lipinski definition) is 1. The SMILES string of the molecule is COc1ccccc1/C(O)=C1/C(=O)C(=O)N(c2cccc(C)c2C)C1c1ccc(C)o1. The number of aliphatic hydroxyl groups excluding tert-OH is 1. The van der Waals surface area contributed by atoms with Gasteiger partial charge >= 0.3 is 0 Å². The molecule has 1 fully saturated rings. The van der Waals surface area contributed by atoms with Crippen molar-refractivity contribution < 1.29 is 23.8 Å². The van der Waals surface area contributed by atoms with Crippen molar-refractivity contribution in [2.24, 2.45) is 0 Å². The van der Waals surface area contributed by atoms with Gasteiger partial charge in [0.2, 0.25) is 0 Å². The van der Waals surface area contributed by atoms with Crippen LogP contribution >= 0.6 is 0 Å². The van der Waals surface area contributed by atoms with E-state index in [9.17, 15) is 14.7 Å². The van der Waals surface area contributed by atoms with Gasteiger partial charge in [-0.25, -0.2) is 0 Å². The number of aryl methyl sites for hydroxylation is 2. The van der Waals surface area contributed by atoms with Gasteiger partial charge in [-0.1, -0.05) is 24.3 Å². The van der Waals surface area contributed by atoms with E-state index in [-0.39, 0.29) is 11.3 Å². The smallest absolute Gasteiger partial charge is 0.300 e. The Morgan fingerprint density at radius 3 is 2.42 bits per heavy atom. The first-order valence-electron chi connectivity index (χ1n) is 9.92. The highest BCUT2D eigenvalue weighted by Crippen LogP contribution is 2.44. The lowest BCUT2D eigenvalue weighted by Crippen LogP contribution is -2.30. The maximum atomic E-state index is 13.2. The average Bonchev–Trinajstić information content (AvgIpc) is 3.31.